The first-order valence-electron chi connectivity index (χ1n) is 9.62. The Hall–Kier alpha value is -4.20. The number of carbonyl (C=O) groups excluding carboxylic acids is 1. The highest BCUT2D eigenvalue weighted by Crippen LogP contribution is 2.35. The van der Waals surface area contributed by atoms with Gasteiger partial charge in [-0.2, -0.15) is 13.2 Å². The van der Waals surface area contributed by atoms with E-state index in [9.17, 15) is 18.0 Å². The molecule has 1 amide bonds. The van der Waals surface area contributed by atoms with Gasteiger partial charge < -0.3 is 9.73 Å². The number of hydrogen-bond donors (Lipinski definition) is 1. The van der Waals surface area contributed by atoms with Gasteiger partial charge in [0, 0.05) is 11.6 Å². The number of amides is 1. The molecule has 5 rings (SSSR count). The summed E-state index contributed by atoms with van der Waals surface area (Å²) >= 11 is 0. The van der Waals surface area contributed by atoms with Gasteiger partial charge in [0.25, 0.3) is 5.91 Å². The van der Waals surface area contributed by atoms with Crippen molar-refractivity contribution in [2.45, 2.75) is 6.18 Å². The number of aromatic nitrogens is 2. The van der Waals surface area contributed by atoms with Gasteiger partial charge in [-0.05, 0) is 42.5 Å². The van der Waals surface area contributed by atoms with Crippen molar-refractivity contribution in [2.75, 3.05) is 5.32 Å². The Morgan fingerprint density at radius 3 is 2.56 bits per heavy atom. The van der Waals surface area contributed by atoms with Gasteiger partial charge in [-0.15, -0.1) is 0 Å². The molecule has 0 aliphatic heterocycles. The van der Waals surface area contributed by atoms with Crippen LogP contribution >= 0.6 is 0 Å². The molecule has 8 heteroatoms. The summed E-state index contributed by atoms with van der Waals surface area (Å²) in [5, 5.41) is 3.57. The zero-order valence-electron chi connectivity index (χ0n) is 16.4. The largest absolute Gasteiger partial charge is 0.436 e. The summed E-state index contributed by atoms with van der Waals surface area (Å²) < 4.78 is 45.8. The van der Waals surface area contributed by atoms with Crippen LogP contribution in [0.1, 0.15) is 15.9 Å². The number of anilines is 1. The number of nitrogens with one attached hydrogen (secondary N) is 1. The maximum absolute atomic E-state index is 13.4. The number of nitrogens with zero attached hydrogens (tertiary/aromatic N) is 2. The van der Waals surface area contributed by atoms with E-state index in [2.05, 4.69) is 15.3 Å². The zero-order chi connectivity index (χ0) is 22.3. The fourth-order valence-electron chi connectivity index (χ4n) is 3.48. The molecule has 158 valence electrons. The Kier molecular flexibility index (Phi) is 4.62. The number of fused-ring (bicyclic) bond motifs is 2. The number of pyridine rings is 1. The van der Waals surface area contributed by atoms with Gasteiger partial charge in [0.15, 0.2) is 5.58 Å². The molecule has 0 saturated heterocycles. The molecule has 2 heterocycles. The fraction of sp³-hybridized carbons (Fsp3) is 0.0417. The second kappa shape index (κ2) is 7.49. The first kappa shape index (κ1) is 19.7. The van der Waals surface area contributed by atoms with Crippen molar-refractivity contribution >= 4 is 33.6 Å². The van der Waals surface area contributed by atoms with Crippen molar-refractivity contribution in [3.63, 3.8) is 0 Å². The van der Waals surface area contributed by atoms with Gasteiger partial charge >= 0.3 is 6.18 Å². The van der Waals surface area contributed by atoms with Crippen LogP contribution in [0.4, 0.5) is 18.9 Å². The minimum atomic E-state index is -4.59. The molecule has 0 spiro atoms. The third-order valence-corrected chi connectivity index (χ3v) is 5.00. The van der Waals surface area contributed by atoms with Crippen molar-refractivity contribution in [1.29, 1.82) is 0 Å². The van der Waals surface area contributed by atoms with E-state index in [1.54, 1.807) is 48.7 Å². The van der Waals surface area contributed by atoms with Gasteiger partial charge in [0.05, 0.1) is 27.9 Å². The van der Waals surface area contributed by atoms with E-state index >= 15 is 0 Å². The summed E-state index contributed by atoms with van der Waals surface area (Å²) in [6.07, 6.45) is -2.99. The highest BCUT2D eigenvalue weighted by molar-refractivity contribution is 6.11. The molecule has 5 aromatic rings. The lowest BCUT2D eigenvalue weighted by Gasteiger charge is -2.13. The molecule has 0 aliphatic rings. The van der Waals surface area contributed by atoms with Crippen LogP contribution in [0, 0.1) is 0 Å². The van der Waals surface area contributed by atoms with Crippen molar-refractivity contribution in [3.05, 3.63) is 90.1 Å². The monoisotopic (exact) mass is 433 g/mol. The van der Waals surface area contributed by atoms with Gasteiger partial charge in [-0.1, -0.05) is 30.3 Å². The van der Waals surface area contributed by atoms with Crippen LogP contribution in [0.2, 0.25) is 0 Å². The minimum Gasteiger partial charge on any atom is -0.436 e. The topological polar surface area (TPSA) is 68.0 Å². The van der Waals surface area contributed by atoms with E-state index in [4.69, 9.17) is 4.42 Å². The maximum atomic E-state index is 13.4. The fourth-order valence-corrected chi connectivity index (χ4v) is 3.48. The van der Waals surface area contributed by atoms with Crippen molar-refractivity contribution in [2.24, 2.45) is 0 Å². The lowest BCUT2D eigenvalue weighted by atomic mass is 10.0. The van der Waals surface area contributed by atoms with E-state index in [1.807, 2.05) is 12.1 Å². The van der Waals surface area contributed by atoms with Crippen LogP contribution in [0.3, 0.4) is 0 Å². The van der Waals surface area contributed by atoms with Crippen LogP contribution in [-0.2, 0) is 6.18 Å². The molecule has 3 aromatic carbocycles. The molecule has 1 N–H and O–H groups in total. The smallest absolute Gasteiger partial charge is 0.416 e. The average Bonchev–Trinajstić information content (AvgIpc) is 3.22. The van der Waals surface area contributed by atoms with Crippen molar-refractivity contribution in [3.8, 4) is 11.5 Å². The van der Waals surface area contributed by atoms with Crippen LogP contribution in [0.5, 0.6) is 0 Å². The standard InChI is InChI=1S/C24H14F3N3O2/c25-24(26,27)15-10-11-16(17(13-15)23-30-18-7-1-2-9-20(18)32-23)22(31)29-19-8-3-5-14-6-4-12-28-21(14)19/h1-13H,(H,29,31). The molecular weight excluding hydrogens is 419 g/mol. The number of halogens is 3. The number of para-hydroxylation sites is 3. The molecule has 0 atom stereocenters. The van der Waals surface area contributed by atoms with Crippen molar-refractivity contribution in [1.82, 2.24) is 9.97 Å². The van der Waals surface area contributed by atoms with Gasteiger partial charge in [0.1, 0.15) is 5.52 Å². The number of hydrogen-bond acceptors (Lipinski definition) is 4. The predicted octanol–water partition coefficient (Wildman–Crippen LogP) is 6.31. The lowest BCUT2D eigenvalue weighted by Crippen LogP contribution is -2.15. The molecule has 0 aliphatic carbocycles. The van der Waals surface area contributed by atoms with E-state index in [-0.39, 0.29) is 17.0 Å². The molecule has 5 nitrogen and oxygen atoms in total. The Morgan fingerprint density at radius 2 is 1.75 bits per heavy atom. The first-order chi connectivity index (χ1) is 15.4. The zero-order valence-corrected chi connectivity index (χ0v) is 16.4. The highest BCUT2D eigenvalue weighted by atomic mass is 19.4. The second-order valence-electron chi connectivity index (χ2n) is 7.08. The molecule has 2 aromatic heterocycles. The van der Waals surface area contributed by atoms with Gasteiger partial charge in [0.2, 0.25) is 5.89 Å². The highest BCUT2D eigenvalue weighted by Gasteiger charge is 2.32. The van der Waals surface area contributed by atoms with E-state index in [0.29, 0.717) is 22.3 Å². The summed E-state index contributed by atoms with van der Waals surface area (Å²) in [5.41, 5.74) is 0.932. The number of rotatable bonds is 3. The van der Waals surface area contributed by atoms with Crippen molar-refractivity contribution < 1.29 is 22.4 Å². The number of benzene rings is 3. The molecule has 0 fully saturated rings. The van der Waals surface area contributed by atoms with Gasteiger partial charge in [-0.3, -0.25) is 9.78 Å². The molecule has 0 radical (unpaired) electrons. The minimum absolute atomic E-state index is 0.00232. The quantitative estimate of drug-likeness (QED) is 0.362. The van der Waals surface area contributed by atoms with Crippen LogP contribution in [0.25, 0.3) is 33.5 Å². The first-order valence-corrected chi connectivity index (χ1v) is 9.62. The third-order valence-electron chi connectivity index (χ3n) is 5.00. The summed E-state index contributed by atoms with van der Waals surface area (Å²) in [7, 11) is 0. The van der Waals surface area contributed by atoms with Crippen LogP contribution in [-0.4, -0.2) is 15.9 Å². The third kappa shape index (κ3) is 3.56. The number of oxazole rings is 1. The molecule has 0 unspecified atom stereocenters. The number of alkyl halides is 3. The predicted molar refractivity (Wildman–Crippen MR) is 114 cm³/mol. The second-order valence-corrected chi connectivity index (χ2v) is 7.08. The Bertz CT molecular complexity index is 1440. The molecular formula is C24H14F3N3O2. The molecule has 32 heavy (non-hydrogen) atoms. The lowest BCUT2D eigenvalue weighted by molar-refractivity contribution is -0.137. The summed E-state index contributed by atoms with van der Waals surface area (Å²) in [6, 6.07) is 18.6. The van der Waals surface area contributed by atoms with Gasteiger partial charge in [-0.25, -0.2) is 4.98 Å². The van der Waals surface area contributed by atoms with E-state index in [1.165, 1.54) is 0 Å². The Balaban J connectivity index is 1.62. The van der Waals surface area contributed by atoms with Crippen LogP contribution in [0.15, 0.2) is 83.4 Å². The molecule has 0 saturated carbocycles. The summed E-state index contributed by atoms with van der Waals surface area (Å²) in [5.74, 6) is -0.673. The SMILES string of the molecule is O=C(Nc1cccc2cccnc12)c1ccc(C(F)(F)F)cc1-c1nc2ccccc2o1. The maximum Gasteiger partial charge on any atom is 0.416 e. The van der Waals surface area contributed by atoms with E-state index < -0.39 is 17.6 Å². The summed E-state index contributed by atoms with van der Waals surface area (Å²) in [4.78, 5) is 21.7. The van der Waals surface area contributed by atoms with E-state index in [0.717, 1.165) is 23.6 Å². The summed E-state index contributed by atoms with van der Waals surface area (Å²) in [6.45, 7) is 0. The Morgan fingerprint density at radius 1 is 0.938 bits per heavy atom. The molecule has 0 bridgehead atoms. The number of carbonyl (C=O) groups is 1. The normalized spacial score (nSPS) is 11.7. The average molecular weight is 433 g/mol. The Labute approximate surface area is 179 Å². The van der Waals surface area contributed by atoms with Crippen LogP contribution < -0.4 is 5.32 Å².